The van der Waals surface area contributed by atoms with Crippen molar-refractivity contribution in [1.29, 1.82) is 0 Å². The van der Waals surface area contributed by atoms with Gasteiger partial charge in [-0.1, -0.05) is 0 Å². The van der Waals surface area contributed by atoms with Gasteiger partial charge in [0.05, 0.1) is 5.69 Å². The average Bonchev–Trinajstić information content (AvgIpc) is 2.97. The monoisotopic (exact) mass is 199 g/mol. The molecule has 15 heavy (non-hydrogen) atoms. The van der Waals surface area contributed by atoms with Crippen molar-refractivity contribution in [3.63, 3.8) is 0 Å². The molecule has 0 spiro atoms. The summed E-state index contributed by atoms with van der Waals surface area (Å²) in [6, 6.07) is 6.14. The Morgan fingerprint density at radius 3 is 2.93 bits per heavy atom. The third kappa shape index (κ3) is 1.65. The highest BCUT2D eigenvalue weighted by molar-refractivity contribution is 5.27. The molecule has 0 amide bonds. The van der Waals surface area contributed by atoms with Gasteiger partial charge in [-0.05, 0) is 43.5 Å². The van der Waals surface area contributed by atoms with Crippen LogP contribution in [0.3, 0.4) is 0 Å². The molecule has 3 nitrogen and oxygen atoms in total. The standard InChI is InChI=1S/C12H13N3/c1-9-4-6-13-12(8-9)15-7-5-11(14-15)10-2-3-10/h4-8,10H,2-3H2,1H3. The van der Waals surface area contributed by atoms with Crippen molar-refractivity contribution in [3.05, 3.63) is 41.9 Å². The lowest BCUT2D eigenvalue weighted by Gasteiger charge is -2.00. The molecule has 1 fully saturated rings. The predicted octanol–water partition coefficient (Wildman–Crippen LogP) is 2.45. The Hall–Kier alpha value is -1.64. The zero-order chi connectivity index (χ0) is 10.3. The molecule has 3 rings (SSSR count). The third-order valence-electron chi connectivity index (χ3n) is 2.74. The van der Waals surface area contributed by atoms with Crippen molar-refractivity contribution in [1.82, 2.24) is 14.8 Å². The maximum Gasteiger partial charge on any atom is 0.153 e. The number of hydrogen-bond donors (Lipinski definition) is 0. The van der Waals surface area contributed by atoms with Gasteiger partial charge in [0.25, 0.3) is 0 Å². The molecular formula is C12H13N3. The van der Waals surface area contributed by atoms with Crippen molar-refractivity contribution in [2.24, 2.45) is 0 Å². The van der Waals surface area contributed by atoms with Gasteiger partial charge in [-0.2, -0.15) is 5.10 Å². The summed E-state index contributed by atoms with van der Waals surface area (Å²) in [5.74, 6) is 1.61. The molecule has 0 N–H and O–H groups in total. The molecule has 2 aromatic heterocycles. The molecule has 2 aromatic rings. The minimum atomic E-state index is 0.705. The smallest absolute Gasteiger partial charge is 0.153 e. The molecule has 0 radical (unpaired) electrons. The first-order chi connectivity index (χ1) is 7.33. The Morgan fingerprint density at radius 1 is 1.33 bits per heavy atom. The fourth-order valence-corrected chi connectivity index (χ4v) is 1.71. The number of hydrogen-bond acceptors (Lipinski definition) is 2. The van der Waals surface area contributed by atoms with Crippen LogP contribution in [0, 0.1) is 6.92 Å². The van der Waals surface area contributed by atoms with Crippen LogP contribution in [0.2, 0.25) is 0 Å². The second-order valence-corrected chi connectivity index (χ2v) is 4.15. The molecule has 0 atom stereocenters. The van der Waals surface area contributed by atoms with Gasteiger partial charge in [-0.25, -0.2) is 9.67 Å². The van der Waals surface area contributed by atoms with Gasteiger partial charge in [0.2, 0.25) is 0 Å². The van der Waals surface area contributed by atoms with Gasteiger partial charge in [0, 0.05) is 18.3 Å². The molecule has 2 heterocycles. The Balaban J connectivity index is 1.97. The third-order valence-corrected chi connectivity index (χ3v) is 2.74. The largest absolute Gasteiger partial charge is 0.237 e. The fourth-order valence-electron chi connectivity index (χ4n) is 1.71. The van der Waals surface area contributed by atoms with Crippen LogP contribution in [0.4, 0.5) is 0 Å². The van der Waals surface area contributed by atoms with E-state index in [9.17, 15) is 0 Å². The molecule has 0 aliphatic heterocycles. The molecule has 0 bridgehead atoms. The number of aryl methyl sites for hydroxylation is 1. The van der Waals surface area contributed by atoms with Crippen LogP contribution in [-0.2, 0) is 0 Å². The van der Waals surface area contributed by atoms with E-state index in [2.05, 4.69) is 23.1 Å². The molecule has 1 aliphatic rings. The molecule has 1 aliphatic carbocycles. The Labute approximate surface area is 88.8 Å². The van der Waals surface area contributed by atoms with E-state index in [0.717, 1.165) is 5.82 Å². The van der Waals surface area contributed by atoms with Gasteiger partial charge in [-0.3, -0.25) is 0 Å². The SMILES string of the molecule is Cc1ccnc(-n2ccc(C3CC3)n2)c1. The highest BCUT2D eigenvalue weighted by atomic mass is 15.3. The zero-order valence-electron chi connectivity index (χ0n) is 8.72. The van der Waals surface area contributed by atoms with Crippen molar-refractivity contribution in [3.8, 4) is 5.82 Å². The summed E-state index contributed by atoms with van der Waals surface area (Å²) in [5, 5.41) is 4.54. The van der Waals surface area contributed by atoms with E-state index in [1.807, 2.05) is 29.2 Å². The summed E-state index contributed by atoms with van der Waals surface area (Å²) < 4.78 is 1.86. The maximum absolute atomic E-state index is 4.54. The van der Waals surface area contributed by atoms with Crippen molar-refractivity contribution >= 4 is 0 Å². The van der Waals surface area contributed by atoms with E-state index in [1.165, 1.54) is 24.1 Å². The second kappa shape index (κ2) is 3.19. The summed E-state index contributed by atoms with van der Waals surface area (Å²) in [6.07, 6.45) is 6.40. The summed E-state index contributed by atoms with van der Waals surface area (Å²) in [6.45, 7) is 2.07. The fraction of sp³-hybridized carbons (Fsp3) is 0.333. The summed E-state index contributed by atoms with van der Waals surface area (Å²) >= 11 is 0. The van der Waals surface area contributed by atoms with E-state index in [4.69, 9.17) is 0 Å². The lowest BCUT2D eigenvalue weighted by Crippen LogP contribution is -1.98. The zero-order valence-corrected chi connectivity index (χ0v) is 8.72. The number of aromatic nitrogens is 3. The van der Waals surface area contributed by atoms with Crippen molar-refractivity contribution in [2.75, 3.05) is 0 Å². The van der Waals surface area contributed by atoms with Gasteiger partial charge in [-0.15, -0.1) is 0 Å². The van der Waals surface area contributed by atoms with E-state index >= 15 is 0 Å². The summed E-state index contributed by atoms with van der Waals surface area (Å²) in [4.78, 5) is 4.30. The van der Waals surface area contributed by atoms with E-state index in [-0.39, 0.29) is 0 Å². The van der Waals surface area contributed by atoms with Crippen LogP contribution in [0.1, 0.15) is 30.0 Å². The number of rotatable bonds is 2. The van der Waals surface area contributed by atoms with Gasteiger partial charge in [0.15, 0.2) is 5.82 Å². The number of nitrogens with zero attached hydrogens (tertiary/aromatic N) is 3. The molecule has 0 saturated heterocycles. The Kier molecular flexibility index (Phi) is 1.84. The maximum atomic E-state index is 4.54. The first-order valence-corrected chi connectivity index (χ1v) is 5.31. The molecule has 0 aromatic carbocycles. The molecular weight excluding hydrogens is 186 g/mol. The highest BCUT2D eigenvalue weighted by Gasteiger charge is 2.25. The van der Waals surface area contributed by atoms with Crippen LogP contribution in [-0.4, -0.2) is 14.8 Å². The highest BCUT2D eigenvalue weighted by Crippen LogP contribution is 2.38. The van der Waals surface area contributed by atoms with Crippen LogP contribution in [0.25, 0.3) is 5.82 Å². The average molecular weight is 199 g/mol. The molecule has 76 valence electrons. The Morgan fingerprint density at radius 2 is 2.20 bits per heavy atom. The van der Waals surface area contributed by atoms with Crippen LogP contribution in [0.5, 0.6) is 0 Å². The van der Waals surface area contributed by atoms with Crippen LogP contribution in [0.15, 0.2) is 30.6 Å². The second-order valence-electron chi connectivity index (χ2n) is 4.15. The lowest BCUT2D eigenvalue weighted by atomic mass is 10.3. The molecule has 1 saturated carbocycles. The van der Waals surface area contributed by atoms with Gasteiger partial charge in [0.1, 0.15) is 0 Å². The minimum Gasteiger partial charge on any atom is -0.237 e. The van der Waals surface area contributed by atoms with Gasteiger partial charge >= 0.3 is 0 Å². The first kappa shape index (κ1) is 8.65. The van der Waals surface area contributed by atoms with Crippen molar-refractivity contribution < 1.29 is 0 Å². The summed E-state index contributed by atoms with van der Waals surface area (Å²) in [5.41, 5.74) is 2.42. The molecule has 3 heteroatoms. The topological polar surface area (TPSA) is 30.7 Å². The molecule has 0 unspecified atom stereocenters. The van der Waals surface area contributed by atoms with Crippen LogP contribution >= 0.6 is 0 Å². The summed E-state index contributed by atoms with van der Waals surface area (Å²) in [7, 11) is 0. The number of pyridine rings is 1. The quantitative estimate of drug-likeness (QED) is 0.743. The van der Waals surface area contributed by atoms with Crippen LogP contribution < -0.4 is 0 Å². The van der Waals surface area contributed by atoms with Crippen molar-refractivity contribution in [2.45, 2.75) is 25.7 Å². The minimum absolute atomic E-state index is 0.705. The van der Waals surface area contributed by atoms with E-state index in [0.29, 0.717) is 5.92 Å². The van der Waals surface area contributed by atoms with Gasteiger partial charge < -0.3 is 0 Å². The van der Waals surface area contributed by atoms with E-state index in [1.54, 1.807) is 0 Å². The predicted molar refractivity (Wildman–Crippen MR) is 58.1 cm³/mol. The first-order valence-electron chi connectivity index (χ1n) is 5.31. The normalized spacial score (nSPS) is 15.5. The lowest BCUT2D eigenvalue weighted by molar-refractivity contribution is 0.811. The Bertz CT molecular complexity index is 483. The van der Waals surface area contributed by atoms with E-state index < -0.39 is 0 Å².